The van der Waals surface area contributed by atoms with Crippen molar-refractivity contribution < 1.29 is 9.53 Å². The van der Waals surface area contributed by atoms with E-state index < -0.39 is 0 Å². The maximum Gasteiger partial charge on any atom is 0.253 e. The fourth-order valence-corrected chi connectivity index (χ4v) is 3.27. The molecule has 25 heavy (non-hydrogen) atoms. The van der Waals surface area contributed by atoms with Crippen molar-refractivity contribution in [1.29, 1.82) is 0 Å². The number of nitrogens with zero attached hydrogens (tertiary/aromatic N) is 3. The number of methoxy groups -OCH3 is 1. The van der Waals surface area contributed by atoms with Crippen LogP contribution in [0.25, 0.3) is 11.3 Å². The van der Waals surface area contributed by atoms with Gasteiger partial charge in [-0.1, -0.05) is 12.1 Å². The molecular weight excluding hydrogens is 316 g/mol. The molecule has 0 unspecified atom stereocenters. The molecule has 1 fully saturated rings. The zero-order valence-electron chi connectivity index (χ0n) is 15.2. The van der Waals surface area contributed by atoms with Crippen LogP contribution in [0.3, 0.4) is 0 Å². The third-order valence-electron chi connectivity index (χ3n) is 4.66. The molecule has 2 aromatic rings. The van der Waals surface area contributed by atoms with Crippen LogP contribution in [0.2, 0.25) is 0 Å². The van der Waals surface area contributed by atoms with Gasteiger partial charge < -0.3 is 14.6 Å². The lowest BCUT2D eigenvalue weighted by Crippen LogP contribution is -2.49. The number of benzene rings is 1. The fraction of sp³-hybridized carbons (Fsp3) is 0.474. The Balaban J connectivity index is 1.69. The summed E-state index contributed by atoms with van der Waals surface area (Å²) in [6.07, 6.45) is 0. The molecule has 1 N–H and O–H groups in total. The van der Waals surface area contributed by atoms with Crippen LogP contribution in [0.15, 0.2) is 24.3 Å². The molecule has 1 aliphatic rings. The zero-order valence-corrected chi connectivity index (χ0v) is 15.2. The van der Waals surface area contributed by atoms with E-state index in [1.807, 2.05) is 43.0 Å². The number of hydrogen-bond donors (Lipinski definition) is 1. The molecule has 0 bridgehead atoms. The van der Waals surface area contributed by atoms with Gasteiger partial charge in [-0.15, -0.1) is 0 Å². The average Bonchev–Trinajstić information content (AvgIpc) is 2.98. The first kappa shape index (κ1) is 17.6. The highest BCUT2D eigenvalue weighted by Crippen LogP contribution is 2.23. The maximum absolute atomic E-state index is 12.8. The molecule has 3 rings (SSSR count). The van der Waals surface area contributed by atoms with Crippen LogP contribution >= 0.6 is 0 Å². The molecule has 0 aliphatic carbocycles. The van der Waals surface area contributed by atoms with E-state index in [1.54, 1.807) is 7.11 Å². The van der Waals surface area contributed by atoms with Crippen molar-refractivity contribution in [3.63, 3.8) is 0 Å². The highest BCUT2D eigenvalue weighted by molar-refractivity contribution is 5.95. The number of carbonyl (C=O) groups is 1. The summed E-state index contributed by atoms with van der Waals surface area (Å²) in [7, 11) is 1.72. The number of imidazole rings is 1. The van der Waals surface area contributed by atoms with E-state index in [0.29, 0.717) is 0 Å². The first-order valence-electron chi connectivity index (χ1n) is 8.72. The quantitative estimate of drug-likeness (QED) is 0.904. The third kappa shape index (κ3) is 4.08. The molecule has 134 valence electrons. The first-order valence-corrected chi connectivity index (χ1v) is 8.72. The number of nitrogens with one attached hydrogen (secondary N) is 1. The van der Waals surface area contributed by atoms with Crippen LogP contribution in [0.1, 0.15) is 21.9 Å². The van der Waals surface area contributed by atoms with Crippen molar-refractivity contribution in [2.75, 3.05) is 46.4 Å². The smallest absolute Gasteiger partial charge is 0.253 e. The largest absolute Gasteiger partial charge is 0.383 e. The molecule has 0 radical (unpaired) electrons. The van der Waals surface area contributed by atoms with Gasteiger partial charge in [0.25, 0.3) is 5.91 Å². The van der Waals surface area contributed by atoms with Crippen LogP contribution in [0.5, 0.6) is 0 Å². The molecule has 2 heterocycles. The molecule has 1 aromatic carbocycles. The van der Waals surface area contributed by atoms with Crippen LogP contribution in [-0.4, -0.2) is 72.1 Å². The Morgan fingerprint density at radius 2 is 2.00 bits per heavy atom. The molecule has 0 spiro atoms. The second kappa shape index (κ2) is 7.80. The van der Waals surface area contributed by atoms with Crippen molar-refractivity contribution >= 4 is 5.91 Å². The molecule has 1 saturated heterocycles. The molecule has 6 nitrogen and oxygen atoms in total. The van der Waals surface area contributed by atoms with Gasteiger partial charge in [-0.3, -0.25) is 9.69 Å². The minimum absolute atomic E-state index is 0.0955. The summed E-state index contributed by atoms with van der Waals surface area (Å²) >= 11 is 0. The summed E-state index contributed by atoms with van der Waals surface area (Å²) in [5.74, 6) is 0.981. The van der Waals surface area contributed by atoms with Crippen molar-refractivity contribution in [1.82, 2.24) is 19.8 Å². The van der Waals surface area contributed by atoms with Crippen LogP contribution < -0.4 is 0 Å². The topological polar surface area (TPSA) is 61.5 Å². The van der Waals surface area contributed by atoms with Gasteiger partial charge in [0.2, 0.25) is 0 Å². The van der Waals surface area contributed by atoms with Crippen LogP contribution in [0.4, 0.5) is 0 Å². The van der Waals surface area contributed by atoms with Crippen molar-refractivity contribution in [2.45, 2.75) is 13.8 Å². The minimum Gasteiger partial charge on any atom is -0.383 e. The molecular formula is C19H26N4O2. The Morgan fingerprint density at radius 1 is 1.24 bits per heavy atom. The number of rotatable bonds is 5. The lowest BCUT2D eigenvalue weighted by Gasteiger charge is -2.34. The summed E-state index contributed by atoms with van der Waals surface area (Å²) in [5.41, 5.74) is 3.64. The number of amides is 1. The van der Waals surface area contributed by atoms with Gasteiger partial charge in [0, 0.05) is 56.7 Å². The normalized spacial score (nSPS) is 15.6. The van der Waals surface area contributed by atoms with E-state index in [-0.39, 0.29) is 5.91 Å². The SMILES string of the molecule is COCCN1CCN(C(=O)c2cccc(-c3nc(C)[nH]c3C)c2)CC1. The Kier molecular flexibility index (Phi) is 5.50. The Bertz CT molecular complexity index is 733. The van der Waals surface area contributed by atoms with E-state index in [4.69, 9.17) is 4.74 Å². The Hall–Kier alpha value is -2.18. The van der Waals surface area contributed by atoms with E-state index in [0.717, 1.165) is 67.7 Å². The van der Waals surface area contributed by atoms with Gasteiger partial charge in [-0.25, -0.2) is 4.98 Å². The number of piperazine rings is 1. The van der Waals surface area contributed by atoms with Gasteiger partial charge >= 0.3 is 0 Å². The van der Waals surface area contributed by atoms with Gasteiger partial charge in [0.1, 0.15) is 5.82 Å². The molecule has 1 aliphatic heterocycles. The van der Waals surface area contributed by atoms with E-state index >= 15 is 0 Å². The number of ether oxygens (including phenoxy) is 1. The summed E-state index contributed by atoms with van der Waals surface area (Å²) in [6, 6.07) is 7.77. The number of aromatic nitrogens is 2. The van der Waals surface area contributed by atoms with E-state index in [9.17, 15) is 4.79 Å². The fourth-order valence-electron chi connectivity index (χ4n) is 3.27. The third-order valence-corrected chi connectivity index (χ3v) is 4.66. The lowest BCUT2D eigenvalue weighted by atomic mass is 10.1. The summed E-state index contributed by atoms with van der Waals surface area (Å²) in [6.45, 7) is 8.90. The minimum atomic E-state index is 0.0955. The van der Waals surface area contributed by atoms with Crippen LogP contribution in [-0.2, 0) is 4.74 Å². The molecule has 1 amide bonds. The number of H-pyrrole nitrogens is 1. The van der Waals surface area contributed by atoms with E-state index in [1.165, 1.54) is 0 Å². The van der Waals surface area contributed by atoms with Gasteiger partial charge in [0.05, 0.1) is 12.3 Å². The van der Waals surface area contributed by atoms with Gasteiger partial charge in [0.15, 0.2) is 0 Å². The molecule has 1 aromatic heterocycles. The van der Waals surface area contributed by atoms with Crippen molar-refractivity contribution in [2.24, 2.45) is 0 Å². The first-order chi connectivity index (χ1) is 12.1. The number of hydrogen-bond acceptors (Lipinski definition) is 4. The Morgan fingerprint density at radius 3 is 2.64 bits per heavy atom. The Labute approximate surface area is 148 Å². The average molecular weight is 342 g/mol. The van der Waals surface area contributed by atoms with Crippen LogP contribution in [0, 0.1) is 13.8 Å². The number of aromatic amines is 1. The predicted molar refractivity (Wildman–Crippen MR) is 97.7 cm³/mol. The standard InChI is InChI=1S/C19H26N4O2/c1-14-18(21-15(2)20-14)16-5-4-6-17(13-16)19(24)23-9-7-22(8-10-23)11-12-25-3/h4-6,13H,7-12H2,1-3H3,(H,20,21). The zero-order chi connectivity index (χ0) is 17.8. The molecule has 0 saturated carbocycles. The summed E-state index contributed by atoms with van der Waals surface area (Å²) in [5, 5.41) is 0. The summed E-state index contributed by atoms with van der Waals surface area (Å²) in [4.78, 5) is 24.9. The second-order valence-electron chi connectivity index (χ2n) is 6.50. The van der Waals surface area contributed by atoms with Gasteiger partial charge in [-0.05, 0) is 26.0 Å². The number of aryl methyl sites for hydroxylation is 2. The summed E-state index contributed by atoms with van der Waals surface area (Å²) < 4.78 is 5.12. The van der Waals surface area contributed by atoms with E-state index in [2.05, 4.69) is 14.9 Å². The molecule has 0 atom stereocenters. The van der Waals surface area contributed by atoms with Crippen molar-refractivity contribution in [3.05, 3.63) is 41.3 Å². The highest BCUT2D eigenvalue weighted by atomic mass is 16.5. The predicted octanol–water partition coefficient (Wildman–Crippen LogP) is 2.10. The molecule has 6 heteroatoms. The number of carbonyl (C=O) groups excluding carboxylic acids is 1. The monoisotopic (exact) mass is 342 g/mol. The lowest BCUT2D eigenvalue weighted by molar-refractivity contribution is 0.0594. The van der Waals surface area contributed by atoms with Gasteiger partial charge in [-0.2, -0.15) is 0 Å². The van der Waals surface area contributed by atoms with Crippen molar-refractivity contribution in [3.8, 4) is 11.3 Å². The maximum atomic E-state index is 12.8. The second-order valence-corrected chi connectivity index (χ2v) is 6.50. The highest BCUT2D eigenvalue weighted by Gasteiger charge is 2.22.